The Morgan fingerprint density at radius 1 is 0.352 bits per heavy atom. The molecule has 8 heterocycles. The van der Waals surface area contributed by atoms with Gasteiger partial charge in [-0.15, -0.1) is 10.2 Å². The van der Waals surface area contributed by atoms with Gasteiger partial charge in [-0.3, -0.25) is 33.1 Å². The first-order valence-corrected chi connectivity index (χ1v) is 30.8. The monoisotopic (exact) mass is 1240 g/mol. The average molecular weight is 1240 g/mol. The van der Waals surface area contributed by atoms with Crippen LogP contribution in [-0.4, -0.2) is 105 Å². The maximum atomic E-state index is 5.22. The summed E-state index contributed by atoms with van der Waals surface area (Å²) in [5.41, 5.74) is 6.80. The third-order valence-electron chi connectivity index (χ3n) is 13.8. The Morgan fingerprint density at radius 3 is 1.25 bits per heavy atom. The topological polar surface area (TPSA) is 191 Å². The van der Waals surface area contributed by atoms with Gasteiger partial charge in [0.1, 0.15) is 22.8 Å². The highest BCUT2D eigenvalue weighted by molar-refractivity contribution is 5.82. The first kappa shape index (κ1) is 71.1. The second kappa shape index (κ2) is 28.5. The highest BCUT2D eigenvalue weighted by atomic mass is 16.5. The summed E-state index contributed by atoms with van der Waals surface area (Å²) in [7, 11) is 5.02. The summed E-state index contributed by atoms with van der Waals surface area (Å²) in [5.74, 6) is 3.31. The molecule has 12 rings (SSSR count). The maximum Gasteiger partial charge on any atom is 0.171 e. The van der Waals surface area contributed by atoms with E-state index in [1.165, 1.54) is 16.5 Å². The lowest BCUT2D eigenvalue weighted by molar-refractivity contribution is 0.305. The Morgan fingerprint density at radius 2 is 0.802 bits per heavy atom. The van der Waals surface area contributed by atoms with Crippen LogP contribution in [0, 0.1) is 13.8 Å². The fraction of sp³-hybridized carbons (Fsp3) is 0.465. The van der Waals surface area contributed by atoms with E-state index in [0.29, 0.717) is 0 Å². The number of hydrogen-bond acceptors (Lipinski definition) is 13. The van der Waals surface area contributed by atoms with Gasteiger partial charge >= 0.3 is 0 Å². The van der Waals surface area contributed by atoms with Gasteiger partial charge in [-0.2, -0.15) is 35.4 Å². The highest BCUT2D eigenvalue weighted by Crippen LogP contribution is 2.28. The van der Waals surface area contributed by atoms with Gasteiger partial charge < -0.3 is 14.2 Å². The minimum absolute atomic E-state index is 0.00584. The molecule has 0 spiro atoms. The Kier molecular flexibility index (Phi) is 22.3. The zero-order chi connectivity index (χ0) is 67.7. The summed E-state index contributed by atoms with van der Waals surface area (Å²) in [6, 6.07) is 28.2. The highest BCUT2D eigenvalue weighted by Gasteiger charge is 2.21. The summed E-state index contributed by atoms with van der Waals surface area (Å²) in [6.07, 6.45) is 17.3. The molecule has 4 aromatic carbocycles. The maximum absolute atomic E-state index is 5.22. The van der Waals surface area contributed by atoms with Crippen molar-refractivity contribution in [2.24, 2.45) is 0 Å². The van der Waals surface area contributed by atoms with Gasteiger partial charge in [-0.05, 0) is 225 Å². The number of rotatable bonds is 3. The minimum Gasteiger partial charge on any atom is -0.497 e. The molecule has 0 bridgehead atoms. The van der Waals surface area contributed by atoms with E-state index >= 15 is 0 Å². The molecule has 0 radical (unpaired) electrons. The van der Waals surface area contributed by atoms with Crippen LogP contribution in [0.25, 0.3) is 54.5 Å². The van der Waals surface area contributed by atoms with Crippen molar-refractivity contribution in [1.29, 1.82) is 0 Å². The fourth-order valence-corrected chi connectivity index (χ4v) is 8.86. The third-order valence-corrected chi connectivity index (χ3v) is 13.8. The molecular formula is C71H101N17O3. The first-order chi connectivity index (χ1) is 42.2. The zero-order valence-electron chi connectivity index (χ0n) is 59.1. The van der Waals surface area contributed by atoms with Crippen LogP contribution in [0.15, 0.2) is 141 Å². The molecule has 20 nitrogen and oxygen atoms in total. The molecule has 0 unspecified atom stereocenters. The Bertz CT molecular complexity index is 4120. The molecule has 0 aliphatic carbocycles. The van der Waals surface area contributed by atoms with Crippen molar-refractivity contribution >= 4 is 54.5 Å². The van der Waals surface area contributed by atoms with Gasteiger partial charge in [-0.1, -0.05) is 18.2 Å². The van der Waals surface area contributed by atoms with Crippen molar-refractivity contribution in [2.75, 3.05) is 21.3 Å². The Hall–Kier alpha value is -8.94. The molecule has 488 valence electrons. The number of ether oxygens (including phenoxy) is 3. The number of methoxy groups -OCH3 is 3. The van der Waals surface area contributed by atoms with Gasteiger partial charge in [0.15, 0.2) is 5.82 Å². The quantitative estimate of drug-likeness (QED) is 0.162. The molecule has 0 aliphatic heterocycles. The van der Waals surface area contributed by atoms with Gasteiger partial charge in [0, 0.05) is 63.9 Å². The van der Waals surface area contributed by atoms with E-state index < -0.39 is 0 Å². The van der Waals surface area contributed by atoms with Crippen molar-refractivity contribution in [3.05, 3.63) is 152 Å². The number of fused-ring (bicyclic) bond motifs is 5. The fourth-order valence-electron chi connectivity index (χ4n) is 8.86. The van der Waals surface area contributed by atoms with Crippen LogP contribution in [0.1, 0.15) is 157 Å². The molecule has 12 aromatic rings. The van der Waals surface area contributed by atoms with E-state index in [-0.39, 0.29) is 38.8 Å². The van der Waals surface area contributed by atoms with Crippen molar-refractivity contribution in [1.82, 2.24) is 83.9 Å². The largest absolute Gasteiger partial charge is 0.497 e. The lowest BCUT2D eigenvalue weighted by Crippen LogP contribution is -2.24. The summed E-state index contributed by atoms with van der Waals surface area (Å²) in [5, 5.41) is 43.8. The van der Waals surface area contributed by atoms with E-state index in [0.717, 1.165) is 66.7 Å². The summed E-state index contributed by atoms with van der Waals surface area (Å²) in [4.78, 5) is 5.65. The molecule has 0 N–H and O–H groups in total. The summed E-state index contributed by atoms with van der Waals surface area (Å²) < 4.78 is 27.6. The van der Waals surface area contributed by atoms with Crippen LogP contribution < -0.4 is 14.2 Å². The van der Waals surface area contributed by atoms with Crippen LogP contribution in [0.5, 0.6) is 17.2 Å². The van der Waals surface area contributed by atoms with Crippen molar-refractivity contribution < 1.29 is 14.2 Å². The van der Waals surface area contributed by atoms with Crippen molar-refractivity contribution in [2.45, 2.75) is 198 Å². The number of tetrazole rings is 1. The van der Waals surface area contributed by atoms with Crippen LogP contribution in [0.3, 0.4) is 0 Å². The number of pyridine rings is 1. The predicted molar refractivity (Wildman–Crippen MR) is 371 cm³/mol. The van der Waals surface area contributed by atoms with Gasteiger partial charge in [0.05, 0.1) is 113 Å². The second-order valence-electron chi connectivity index (χ2n) is 29.4. The molecular weight excluding hydrogens is 1140 g/mol. The number of hydrogen-bond donors (Lipinski definition) is 0. The van der Waals surface area contributed by atoms with E-state index in [2.05, 4.69) is 218 Å². The lowest BCUT2D eigenvalue weighted by atomic mass is 10.1. The van der Waals surface area contributed by atoms with E-state index in [4.69, 9.17) is 14.2 Å². The smallest absolute Gasteiger partial charge is 0.171 e. The molecule has 0 aliphatic rings. The number of aryl methyl sites for hydroxylation is 2. The summed E-state index contributed by atoms with van der Waals surface area (Å²) >= 11 is 0. The molecule has 8 aromatic heterocycles. The molecule has 0 atom stereocenters. The lowest BCUT2D eigenvalue weighted by Gasteiger charge is -2.20. The third kappa shape index (κ3) is 19.5. The Balaban J connectivity index is 0.000000170. The normalized spacial score (nSPS) is 12.1. The molecule has 20 heteroatoms. The SMILES string of the molecule is CC(C)(C)n1cc2ccncc2n1.CC(C)(C)n1ncc2ccccc21.COc1ccc2c(cnn2C(C)(C)C)c1.COc1ccc2cn(C(C)(C)C)nc2c1.COc1ccc2cnn(C(C)(C)C)c2c1.Cc1cnn(C(C)(C)C)c1.Cc1nnn(C(C)(C)C)n1. The van der Waals surface area contributed by atoms with Gasteiger partial charge in [0.25, 0.3) is 0 Å². The molecule has 0 fully saturated rings. The number of para-hydroxylation sites is 1. The standard InChI is InChI=1S/3C12H16N2O.C11H14N2.C10H13N3.C8H14N2.C6H12N4/c1-12(2,3)14-11-6-5-10(15-4)7-9(11)8-13-14;1-12(2,3)14-8-9-5-6-10(15-4)7-11(9)13-14;1-12(2,3)14-11-7-10(15-4)6-5-9(11)8-13-14;1-11(2,3)13-10-7-5-4-6-9(10)8-12-13;1-10(2,3)13-7-8-4-5-11-6-9(8)12-13;1-7-5-9-10(6-7)8(2,3)4;1-5-7-9-10(8-5)6(2,3)4/h3*5-8H,1-4H3;4-8H,1-3H3;4-7H,1-3H3;5-6H,1-4H3;1-4H3. The number of benzene rings is 4. The Labute approximate surface area is 538 Å². The average Bonchev–Trinajstić information content (AvgIpc) is 1.74. The van der Waals surface area contributed by atoms with Crippen LogP contribution in [0.2, 0.25) is 0 Å². The molecule has 0 amide bonds. The molecule has 0 saturated heterocycles. The van der Waals surface area contributed by atoms with Crippen molar-refractivity contribution in [3.8, 4) is 17.2 Å². The zero-order valence-corrected chi connectivity index (χ0v) is 59.1. The van der Waals surface area contributed by atoms with Crippen LogP contribution in [-0.2, 0) is 38.8 Å². The number of aromatic nitrogens is 17. The van der Waals surface area contributed by atoms with Crippen molar-refractivity contribution in [3.63, 3.8) is 0 Å². The van der Waals surface area contributed by atoms with Crippen LogP contribution >= 0.6 is 0 Å². The van der Waals surface area contributed by atoms with E-state index in [1.807, 2.05) is 149 Å². The summed E-state index contributed by atoms with van der Waals surface area (Å²) in [6.45, 7) is 48.5. The number of nitrogens with zero attached hydrogens (tertiary/aromatic N) is 17. The minimum atomic E-state index is -0.0543. The first-order valence-electron chi connectivity index (χ1n) is 30.8. The molecule has 91 heavy (non-hydrogen) atoms. The van der Waals surface area contributed by atoms with Gasteiger partial charge in [-0.25, -0.2) is 0 Å². The molecule has 0 saturated carbocycles. The van der Waals surface area contributed by atoms with Crippen LogP contribution in [0.4, 0.5) is 0 Å². The van der Waals surface area contributed by atoms with E-state index in [9.17, 15) is 0 Å². The van der Waals surface area contributed by atoms with E-state index in [1.54, 1.807) is 38.5 Å². The van der Waals surface area contributed by atoms with Gasteiger partial charge in [0.2, 0.25) is 0 Å². The predicted octanol–water partition coefficient (Wildman–Crippen LogP) is 16.1. The second-order valence-corrected chi connectivity index (χ2v) is 29.4.